The highest BCUT2D eigenvalue weighted by Gasteiger charge is 2.41. The summed E-state index contributed by atoms with van der Waals surface area (Å²) >= 11 is 0. The molecule has 0 bridgehead atoms. The molecule has 1 aromatic rings. The Bertz CT molecular complexity index is 574. The van der Waals surface area contributed by atoms with Crippen LogP contribution in [0.5, 0.6) is 0 Å². The molecule has 0 spiro atoms. The minimum Gasteiger partial charge on any atom is -0.447 e. The average Bonchev–Trinajstić information content (AvgIpc) is 2.92. The summed E-state index contributed by atoms with van der Waals surface area (Å²) in [6.07, 6.45) is 1.75. The molecule has 1 aliphatic rings. The number of ether oxygens (including phenoxy) is 1. The fourth-order valence-corrected chi connectivity index (χ4v) is 3.35. The maximum absolute atomic E-state index is 13.0. The molecule has 0 saturated carbocycles. The summed E-state index contributed by atoms with van der Waals surface area (Å²) in [7, 11) is 0. The van der Waals surface area contributed by atoms with E-state index in [9.17, 15) is 9.59 Å². The summed E-state index contributed by atoms with van der Waals surface area (Å²) < 4.78 is 4.93. The van der Waals surface area contributed by atoms with Gasteiger partial charge in [0.15, 0.2) is 0 Å². The molecule has 2 rings (SSSR count). The van der Waals surface area contributed by atoms with E-state index >= 15 is 0 Å². The van der Waals surface area contributed by atoms with Crippen molar-refractivity contribution in [2.24, 2.45) is 11.3 Å². The van der Waals surface area contributed by atoms with Gasteiger partial charge in [0.05, 0.1) is 6.54 Å². The van der Waals surface area contributed by atoms with Crippen LogP contribution in [-0.4, -0.2) is 30.1 Å². The van der Waals surface area contributed by atoms with Gasteiger partial charge >= 0.3 is 6.09 Å². The number of hydrogen-bond donors (Lipinski definition) is 0. The van der Waals surface area contributed by atoms with Crippen molar-refractivity contribution in [3.63, 3.8) is 0 Å². The van der Waals surface area contributed by atoms with E-state index in [1.54, 1.807) is 6.08 Å². The third kappa shape index (κ3) is 3.81. The van der Waals surface area contributed by atoms with E-state index in [0.717, 1.165) is 5.56 Å². The second-order valence-corrected chi connectivity index (χ2v) is 6.99. The number of cyclic esters (lactones) is 1. The summed E-state index contributed by atoms with van der Waals surface area (Å²) in [5.74, 6) is -0.515. The quantitative estimate of drug-likeness (QED) is 0.772. The number of carbonyl (C=O) groups is 2. The third-order valence-corrected chi connectivity index (χ3v) is 4.26. The van der Waals surface area contributed by atoms with Gasteiger partial charge in [-0.25, -0.2) is 9.69 Å². The lowest BCUT2D eigenvalue weighted by Gasteiger charge is -2.37. The lowest BCUT2D eigenvalue weighted by molar-refractivity contribution is -0.133. The highest BCUT2D eigenvalue weighted by Crippen LogP contribution is 2.43. The fourth-order valence-electron chi connectivity index (χ4n) is 3.35. The van der Waals surface area contributed by atoms with Gasteiger partial charge in [0.1, 0.15) is 6.61 Å². The molecule has 4 nitrogen and oxygen atoms in total. The predicted molar refractivity (Wildman–Crippen MR) is 90.0 cm³/mol. The number of rotatable bonds is 5. The van der Waals surface area contributed by atoms with Gasteiger partial charge in [0.2, 0.25) is 5.91 Å². The minimum atomic E-state index is -0.537. The SMILES string of the molecule is C=CC[C@@H](C(=O)N1CCOC1=O)[C@@H](c1ccccc1)C(C)(C)C. The Labute approximate surface area is 138 Å². The number of benzene rings is 1. The summed E-state index contributed by atoms with van der Waals surface area (Å²) in [4.78, 5) is 26.0. The van der Waals surface area contributed by atoms with E-state index in [-0.39, 0.29) is 29.8 Å². The number of imide groups is 1. The molecule has 124 valence electrons. The predicted octanol–water partition coefficient (Wildman–Crippen LogP) is 3.99. The second kappa shape index (κ2) is 6.99. The van der Waals surface area contributed by atoms with Gasteiger partial charge in [-0.1, -0.05) is 57.2 Å². The van der Waals surface area contributed by atoms with Crippen LogP contribution in [0.25, 0.3) is 0 Å². The number of carbonyl (C=O) groups excluding carboxylic acids is 2. The van der Waals surface area contributed by atoms with Crippen molar-refractivity contribution in [2.75, 3.05) is 13.2 Å². The van der Waals surface area contributed by atoms with Gasteiger partial charge in [0.25, 0.3) is 0 Å². The van der Waals surface area contributed by atoms with E-state index in [0.29, 0.717) is 13.0 Å². The van der Waals surface area contributed by atoms with E-state index in [2.05, 4.69) is 27.4 Å². The van der Waals surface area contributed by atoms with Gasteiger partial charge in [-0.3, -0.25) is 4.79 Å². The molecule has 1 saturated heterocycles. The summed E-state index contributed by atoms with van der Waals surface area (Å²) in [6, 6.07) is 10.0. The van der Waals surface area contributed by atoms with Gasteiger partial charge in [-0.15, -0.1) is 6.58 Å². The van der Waals surface area contributed by atoms with Gasteiger partial charge in [0, 0.05) is 11.8 Å². The lowest BCUT2D eigenvalue weighted by Crippen LogP contribution is -2.41. The fraction of sp³-hybridized carbons (Fsp3) is 0.474. The molecule has 0 unspecified atom stereocenters. The van der Waals surface area contributed by atoms with Crippen molar-refractivity contribution in [3.8, 4) is 0 Å². The molecule has 1 heterocycles. The Morgan fingerprint density at radius 2 is 2.00 bits per heavy atom. The topological polar surface area (TPSA) is 46.6 Å². The largest absolute Gasteiger partial charge is 0.447 e. The first-order valence-electron chi connectivity index (χ1n) is 8.00. The molecule has 23 heavy (non-hydrogen) atoms. The van der Waals surface area contributed by atoms with E-state index in [1.807, 2.05) is 30.3 Å². The molecule has 2 atom stereocenters. The van der Waals surface area contributed by atoms with Crippen molar-refractivity contribution in [3.05, 3.63) is 48.6 Å². The van der Waals surface area contributed by atoms with Crippen LogP contribution in [0.3, 0.4) is 0 Å². The van der Waals surface area contributed by atoms with E-state index < -0.39 is 6.09 Å². The first kappa shape index (κ1) is 17.3. The smallest absolute Gasteiger partial charge is 0.416 e. The standard InChI is InChI=1S/C19H25NO3/c1-5-9-15(17(21)20-12-13-23-18(20)22)16(19(2,3)4)14-10-7-6-8-11-14/h5-8,10-11,15-16H,1,9,12-13H2,2-4H3/t15-,16-/m1/s1. The van der Waals surface area contributed by atoms with E-state index in [4.69, 9.17) is 4.74 Å². The maximum Gasteiger partial charge on any atom is 0.416 e. The van der Waals surface area contributed by atoms with Crippen LogP contribution in [0, 0.1) is 11.3 Å². The molecule has 0 N–H and O–H groups in total. The molecule has 2 amide bonds. The lowest BCUT2D eigenvalue weighted by atomic mass is 9.68. The van der Waals surface area contributed by atoms with Crippen molar-refractivity contribution >= 4 is 12.0 Å². The minimum absolute atomic E-state index is 0.0115. The Morgan fingerprint density at radius 1 is 1.35 bits per heavy atom. The normalized spacial score (nSPS) is 17.5. The van der Waals surface area contributed by atoms with Crippen LogP contribution in [-0.2, 0) is 9.53 Å². The number of hydrogen-bond acceptors (Lipinski definition) is 3. The summed E-state index contributed by atoms with van der Waals surface area (Å²) in [5.41, 5.74) is 0.974. The van der Waals surface area contributed by atoms with E-state index in [1.165, 1.54) is 4.90 Å². The van der Waals surface area contributed by atoms with Crippen molar-refractivity contribution in [1.29, 1.82) is 0 Å². The summed E-state index contributed by atoms with van der Waals surface area (Å²) in [5, 5.41) is 0. The first-order chi connectivity index (χ1) is 10.9. The molecule has 4 heteroatoms. The number of allylic oxidation sites excluding steroid dienone is 1. The Kier molecular flexibility index (Phi) is 5.24. The van der Waals surface area contributed by atoms with Crippen molar-refractivity contribution in [2.45, 2.75) is 33.1 Å². The average molecular weight is 315 g/mol. The molecular weight excluding hydrogens is 290 g/mol. The molecule has 0 aromatic heterocycles. The molecule has 1 aromatic carbocycles. The van der Waals surface area contributed by atoms with Crippen LogP contribution in [0.15, 0.2) is 43.0 Å². The molecule has 1 aliphatic heterocycles. The van der Waals surface area contributed by atoms with Gasteiger partial charge < -0.3 is 4.74 Å². The van der Waals surface area contributed by atoms with Crippen LogP contribution in [0.4, 0.5) is 4.79 Å². The molecule has 0 aliphatic carbocycles. The third-order valence-electron chi connectivity index (χ3n) is 4.26. The Morgan fingerprint density at radius 3 is 2.48 bits per heavy atom. The molecular formula is C19H25NO3. The highest BCUT2D eigenvalue weighted by molar-refractivity contribution is 5.94. The number of nitrogens with zero attached hydrogens (tertiary/aromatic N) is 1. The Hall–Kier alpha value is -2.10. The zero-order valence-corrected chi connectivity index (χ0v) is 14.1. The Balaban J connectivity index is 2.40. The zero-order chi connectivity index (χ0) is 17.0. The highest BCUT2D eigenvalue weighted by atomic mass is 16.6. The maximum atomic E-state index is 13.0. The zero-order valence-electron chi connectivity index (χ0n) is 14.1. The summed E-state index contributed by atoms with van der Waals surface area (Å²) in [6.45, 7) is 10.8. The first-order valence-corrected chi connectivity index (χ1v) is 8.00. The van der Waals surface area contributed by atoms with Crippen molar-refractivity contribution < 1.29 is 14.3 Å². The monoisotopic (exact) mass is 315 g/mol. The van der Waals surface area contributed by atoms with Gasteiger partial charge in [-0.2, -0.15) is 0 Å². The molecule has 0 radical (unpaired) electrons. The van der Waals surface area contributed by atoms with Crippen molar-refractivity contribution in [1.82, 2.24) is 4.90 Å². The molecule has 1 fully saturated rings. The van der Waals surface area contributed by atoms with Gasteiger partial charge in [-0.05, 0) is 17.4 Å². The van der Waals surface area contributed by atoms with Crippen LogP contribution >= 0.6 is 0 Å². The second-order valence-electron chi connectivity index (χ2n) is 6.99. The number of amides is 2. The van der Waals surface area contributed by atoms with Crippen LogP contribution in [0.2, 0.25) is 0 Å². The van der Waals surface area contributed by atoms with Crippen LogP contribution in [0.1, 0.15) is 38.7 Å². The van der Waals surface area contributed by atoms with Crippen LogP contribution < -0.4 is 0 Å².